The Hall–Kier alpha value is -0.130. The first-order valence-corrected chi connectivity index (χ1v) is 7.95. The zero-order valence-electron chi connectivity index (χ0n) is 9.91. The number of unbranched alkanes of at least 4 members (excludes halogenated alkanes) is 1. The van der Waals surface area contributed by atoms with Gasteiger partial charge in [-0.2, -0.15) is 0 Å². The molecule has 0 spiro atoms. The summed E-state index contributed by atoms with van der Waals surface area (Å²) < 4.78 is 26.0. The van der Waals surface area contributed by atoms with Crippen LogP contribution in [0.15, 0.2) is 0 Å². The van der Waals surface area contributed by atoms with Gasteiger partial charge in [0.25, 0.3) is 0 Å². The van der Waals surface area contributed by atoms with Crippen LogP contribution >= 0.6 is 0 Å². The van der Waals surface area contributed by atoms with Gasteiger partial charge in [-0.25, -0.2) is 13.1 Å². The van der Waals surface area contributed by atoms with E-state index < -0.39 is 10.0 Å². The smallest absolute Gasteiger partial charge is 0.211 e. The molecule has 0 aromatic carbocycles. The van der Waals surface area contributed by atoms with Gasteiger partial charge in [0, 0.05) is 12.1 Å². The molecule has 2 fully saturated rings. The summed E-state index contributed by atoms with van der Waals surface area (Å²) in [5.41, 5.74) is 0. The molecule has 5 heteroatoms. The Morgan fingerprint density at radius 2 is 1.94 bits per heavy atom. The Balaban J connectivity index is 1.53. The van der Waals surface area contributed by atoms with Gasteiger partial charge in [-0.1, -0.05) is 6.92 Å². The van der Waals surface area contributed by atoms with Gasteiger partial charge in [-0.15, -0.1) is 0 Å². The van der Waals surface area contributed by atoms with Crippen LogP contribution in [0.25, 0.3) is 0 Å². The van der Waals surface area contributed by atoms with Gasteiger partial charge in [-0.3, -0.25) is 0 Å². The summed E-state index contributed by atoms with van der Waals surface area (Å²) in [5, 5.41) is 3.39. The molecule has 16 heavy (non-hydrogen) atoms. The lowest BCUT2D eigenvalue weighted by atomic mass is 10.3. The second-order valence-corrected chi connectivity index (χ2v) is 7.07. The third kappa shape index (κ3) is 4.39. The summed E-state index contributed by atoms with van der Waals surface area (Å²) in [4.78, 5) is 0. The molecule has 0 aromatic heterocycles. The van der Waals surface area contributed by atoms with E-state index in [1.165, 1.54) is 12.8 Å². The predicted molar refractivity (Wildman–Crippen MR) is 64.8 cm³/mol. The van der Waals surface area contributed by atoms with Gasteiger partial charge in [0.2, 0.25) is 10.0 Å². The molecule has 0 aromatic rings. The van der Waals surface area contributed by atoms with Crippen LogP contribution in [-0.2, 0) is 10.0 Å². The molecule has 2 N–H and O–H groups in total. The van der Waals surface area contributed by atoms with E-state index in [1.54, 1.807) is 0 Å². The molecule has 94 valence electrons. The SMILES string of the molecule is CC1CC1NS(=O)(=O)CCCCNC1CC1. The highest BCUT2D eigenvalue weighted by Crippen LogP contribution is 2.29. The highest BCUT2D eigenvalue weighted by atomic mass is 32.2. The van der Waals surface area contributed by atoms with Crippen LogP contribution in [0, 0.1) is 5.92 Å². The molecular weight excluding hydrogens is 224 g/mol. The van der Waals surface area contributed by atoms with E-state index in [2.05, 4.69) is 17.0 Å². The van der Waals surface area contributed by atoms with E-state index in [1.807, 2.05) is 0 Å². The molecule has 0 aliphatic heterocycles. The fourth-order valence-electron chi connectivity index (χ4n) is 1.79. The Kier molecular flexibility index (Phi) is 3.87. The van der Waals surface area contributed by atoms with Crippen molar-refractivity contribution in [2.24, 2.45) is 5.92 Å². The average Bonchev–Trinajstić information content (AvgIpc) is 3.06. The largest absolute Gasteiger partial charge is 0.314 e. The molecule has 2 atom stereocenters. The summed E-state index contributed by atoms with van der Waals surface area (Å²) in [5.74, 6) is 0.814. The van der Waals surface area contributed by atoms with E-state index >= 15 is 0 Å². The van der Waals surface area contributed by atoms with Gasteiger partial charge in [-0.05, 0) is 44.6 Å². The third-order valence-corrected chi connectivity index (χ3v) is 4.78. The maximum Gasteiger partial charge on any atom is 0.211 e. The van der Waals surface area contributed by atoms with Crippen molar-refractivity contribution >= 4 is 10.0 Å². The number of rotatable bonds is 8. The first-order chi connectivity index (χ1) is 7.57. The lowest BCUT2D eigenvalue weighted by Crippen LogP contribution is -2.29. The van der Waals surface area contributed by atoms with Crippen molar-refractivity contribution in [3.63, 3.8) is 0 Å². The summed E-state index contributed by atoms with van der Waals surface area (Å²) in [6.07, 6.45) is 5.30. The first-order valence-electron chi connectivity index (χ1n) is 6.30. The minimum atomic E-state index is -3.01. The van der Waals surface area contributed by atoms with Crippen molar-refractivity contribution in [3.8, 4) is 0 Å². The molecule has 0 heterocycles. The fraction of sp³-hybridized carbons (Fsp3) is 1.00. The number of hydrogen-bond donors (Lipinski definition) is 2. The van der Waals surface area contributed by atoms with Gasteiger partial charge >= 0.3 is 0 Å². The van der Waals surface area contributed by atoms with Crippen LogP contribution in [0.4, 0.5) is 0 Å². The first kappa shape index (κ1) is 12.3. The van der Waals surface area contributed by atoms with E-state index in [0.29, 0.717) is 5.92 Å². The van der Waals surface area contributed by atoms with Gasteiger partial charge in [0.05, 0.1) is 5.75 Å². The van der Waals surface area contributed by atoms with Crippen molar-refractivity contribution < 1.29 is 8.42 Å². The topological polar surface area (TPSA) is 58.2 Å². The Morgan fingerprint density at radius 3 is 2.50 bits per heavy atom. The van der Waals surface area contributed by atoms with Gasteiger partial charge in [0.15, 0.2) is 0 Å². The maximum absolute atomic E-state index is 11.6. The normalized spacial score (nSPS) is 29.3. The highest BCUT2D eigenvalue weighted by molar-refractivity contribution is 7.89. The zero-order chi connectivity index (χ0) is 11.6. The maximum atomic E-state index is 11.6. The standard InChI is InChI=1S/C11H22N2O2S/c1-9-8-11(9)13-16(14,15)7-3-2-6-12-10-4-5-10/h9-13H,2-8H2,1H3. The van der Waals surface area contributed by atoms with E-state index in [0.717, 1.165) is 31.8 Å². The minimum Gasteiger partial charge on any atom is -0.314 e. The molecule has 4 nitrogen and oxygen atoms in total. The van der Waals surface area contributed by atoms with Crippen LogP contribution in [0.3, 0.4) is 0 Å². The quantitative estimate of drug-likeness (QED) is 0.624. The summed E-state index contributed by atoms with van der Waals surface area (Å²) in [7, 11) is -3.01. The van der Waals surface area contributed by atoms with Crippen LogP contribution in [0.1, 0.15) is 39.0 Å². The van der Waals surface area contributed by atoms with Gasteiger partial charge < -0.3 is 5.32 Å². The molecule has 2 rings (SSSR count). The van der Waals surface area contributed by atoms with Crippen LogP contribution in [-0.4, -0.2) is 32.8 Å². The Bertz CT molecular complexity index is 325. The lowest BCUT2D eigenvalue weighted by Gasteiger charge is -2.06. The van der Waals surface area contributed by atoms with Gasteiger partial charge in [0.1, 0.15) is 0 Å². The van der Waals surface area contributed by atoms with Crippen molar-refractivity contribution in [2.45, 2.75) is 51.1 Å². The summed E-state index contributed by atoms with van der Waals surface area (Å²) >= 11 is 0. The lowest BCUT2D eigenvalue weighted by molar-refractivity contribution is 0.570. The molecule has 2 unspecified atom stereocenters. The van der Waals surface area contributed by atoms with E-state index in [4.69, 9.17) is 0 Å². The monoisotopic (exact) mass is 246 g/mol. The molecular formula is C11H22N2O2S. The Morgan fingerprint density at radius 1 is 1.25 bits per heavy atom. The fourth-order valence-corrected chi connectivity index (χ4v) is 3.28. The molecule has 0 bridgehead atoms. The average molecular weight is 246 g/mol. The van der Waals surface area contributed by atoms with Crippen molar-refractivity contribution in [2.75, 3.05) is 12.3 Å². The second kappa shape index (κ2) is 5.02. The molecule has 2 saturated carbocycles. The summed E-state index contributed by atoms with van der Waals surface area (Å²) in [6.45, 7) is 3.03. The highest BCUT2D eigenvalue weighted by Gasteiger charge is 2.35. The molecule has 2 aliphatic carbocycles. The molecule has 0 amide bonds. The molecule has 2 aliphatic rings. The van der Waals surface area contributed by atoms with Crippen LogP contribution in [0.5, 0.6) is 0 Å². The minimum absolute atomic E-state index is 0.217. The van der Waals surface area contributed by atoms with E-state index in [-0.39, 0.29) is 11.8 Å². The number of hydrogen-bond acceptors (Lipinski definition) is 3. The van der Waals surface area contributed by atoms with Crippen LogP contribution < -0.4 is 10.0 Å². The second-order valence-electron chi connectivity index (χ2n) is 5.19. The Labute approximate surface area is 98.2 Å². The van der Waals surface area contributed by atoms with Crippen molar-refractivity contribution in [1.29, 1.82) is 0 Å². The van der Waals surface area contributed by atoms with Crippen LogP contribution in [0.2, 0.25) is 0 Å². The predicted octanol–water partition coefficient (Wildman–Crippen LogP) is 0.846. The zero-order valence-corrected chi connectivity index (χ0v) is 10.7. The van der Waals surface area contributed by atoms with Crippen molar-refractivity contribution in [3.05, 3.63) is 0 Å². The molecule has 0 saturated heterocycles. The third-order valence-electron chi connectivity index (χ3n) is 3.29. The number of sulfonamides is 1. The van der Waals surface area contributed by atoms with Crippen molar-refractivity contribution in [1.82, 2.24) is 10.0 Å². The summed E-state index contributed by atoms with van der Waals surface area (Å²) in [6, 6.07) is 0.941. The molecule has 0 radical (unpaired) electrons. The van der Waals surface area contributed by atoms with E-state index in [9.17, 15) is 8.42 Å². The number of nitrogens with one attached hydrogen (secondary N) is 2.